The summed E-state index contributed by atoms with van der Waals surface area (Å²) < 4.78 is 6.36. The first-order chi connectivity index (χ1) is 8.13. The smallest absolute Gasteiger partial charge is 0.343 e. The highest BCUT2D eigenvalue weighted by Gasteiger charge is 2.31. The van der Waals surface area contributed by atoms with Crippen molar-refractivity contribution in [2.75, 3.05) is 11.9 Å². The van der Waals surface area contributed by atoms with E-state index in [9.17, 15) is 9.59 Å². The van der Waals surface area contributed by atoms with Crippen molar-refractivity contribution >= 4 is 17.7 Å². The number of hydrogen-bond donors (Lipinski definition) is 1. The Morgan fingerprint density at radius 2 is 2.29 bits per heavy atom. The van der Waals surface area contributed by atoms with Crippen LogP contribution in [-0.4, -0.2) is 28.3 Å². The van der Waals surface area contributed by atoms with Gasteiger partial charge in [0.05, 0.1) is 12.8 Å². The van der Waals surface area contributed by atoms with Crippen LogP contribution in [0, 0.1) is 5.92 Å². The van der Waals surface area contributed by atoms with Gasteiger partial charge in [0, 0.05) is 13.0 Å². The highest BCUT2D eigenvalue weighted by atomic mass is 16.5. The second kappa shape index (κ2) is 4.57. The SMILES string of the molecule is CCOC(=O)c1cnn(C)c1NC(=O)C1CC1. The minimum absolute atomic E-state index is 0.0563. The lowest BCUT2D eigenvalue weighted by Gasteiger charge is -2.07. The molecule has 1 saturated carbocycles. The number of aryl methyl sites for hydroxylation is 1. The fourth-order valence-corrected chi connectivity index (χ4v) is 1.51. The summed E-state index contributed by atoms with van der Waals surface area (Å²) in [5.74, 6) is -0.0360. The van der Waals surface area contributed by atoms with Crippen molar-refractivity contribution in [2.45, 2.75) is 19.8 Å². The molecule has 2 rings (SSSR count). The molecule has 1 aromatic heterocycles. The number of carbonyl (C=O) groups is 2. The average molecular weight is 237 g/mol. The molecule has 1 aromatic rings. The minimum atomic E-state index is -0.466. The lowest BCUT2D eigenvalue weighted by Crippen LogP contribution is -2.18. The Kier molecular flexibility index (Phi) is 3.12. The summed E-state index contributed by atoms with van der Waals surface area (Å²) in [6, 6.07) is 0. The molecule has 0 atom stereocenters. The number of anilines is 1. The lowest BCUT2D eigenvalue weighted by atomic mass is 10.3. The molecule has 1 fully saturated rings. The van der Waals surface area contributed by atoms with Crippen LogP contribution in [0.1, 0.15) is 30.1 Å². The molecule has 17 heavy (non-hydrogen) atoms. The van der Waals surface area contributed by atoms with E-state index >= 15 is 0 Å². The summed E-state index contributed by atoms with van der Waals surface area (Å²) in [4.78, 5) is 23.3. The molecule has 6 nitrogen and oxygen atoms in total. The topological polar surface area (TPSA) is 73.2 Å². The van der Waals surface area contributed by atoms with E-state index < -0.39 is 5.97 Å². The van der Waals surface area contributed by atoms with E-state index in [4.69, 9.17) is 4.74 Å². The number of nitrogens with zero attached hydrogens (tertiary/aromatic N) is 2. The number of carbonyl (C=O) groups excluding carboxylic acids is 2. The van der Waals surface area contributed by atoms with Crippen molar-refractivity contribution in [2.24, 2.45) is 13.0 Å². The highest BCUT2D eigenvalue weighted by molar-refractivity contribution is 6.01. The normalized spacial score (nSPS) is 14.5. The van der Waals surface area contributed by atoms with Gasteiger partial charge in [-0.15, -0.1) is 0 Å². The van der Waals surface area contributed by atoms with Crippen molar-refractivity contribution in [1.82, 2.24) is 9.78 Å². The van der Waals surface area contributed by atoms with E-state index in [-0.39, 0.29) is 11.8 Å². The summed E-state index contributed by atoms with van der Waals surface area (Å²) in [6.07, 6.45) is 3.23. The van der Waals surface area contributed by atoms with Crippen LogP contribution in [0.25, 0.3) is 0 Å². The zero-order valence-corrected chi connectivity index (χ0v) is 9.90. The molecule has 1 heterocycles. The van der Waals surface area contributed by atoms with E-state index in [1.54, 1.807) is 14.0 Å². The number of esters is 1. The molecule has 0 unspecified atom stereocenters. The second-order valence-corrected chi connectivity index (χ2v) is 4.01. The Hall–Kier alpha value is -1.85. The van der Waals surface area contributed by atoms with Crippen molar-refractivity contribution in [3.63, 3.8) is 0 Å². The van der Waals surface area contributed by atoms with Gasteiger partial charge in [-0.05, 0) is 19.8 Å². The number of ether oxygens (including phenoxy) is 1. The summed E-state index contributed by atoms with van der Waals surface area (Å²) >= 11 is 0. The van der Waals surface area contributed by atoms with Gasteiger partial charge >= 0.3 is 5.97 Å². The first-order valence-corrected chi connectivity index (χ1v) is 5.63. The molecule has 1 aliphatic carbocycles. The Morgan fingerprint density at radius 1 is 1.59 bits per heavy atom. The predicted octanol–water partition coefficient (Wildman–Crippen LogP) is 0.945. The second-order valence-electron chi connectivity index (χ2n) is 4.01. The number of hydrogen-bond acceptors (Lipinski definition) is 4. The van der Waals surface area contributed by atoms with Gasteiger partial charge < -0.3 is 10.1 Å². The van der Waals surface area contributed by atoms with Crippen LogP contribution in [0.2, 0.25) is 0 Å². The summed E-state index contributed by atoms with van der Waals surface area (Å²) in [7, 11) is 1.67. The Morgan fingerprint density at radius 3 is 2.88 bits per heavy atom. The molecule has 0 radical (unpaired) electrons. The van der Waals surface area contributed by atoms with E-state index in [1.165, 1.54) is 10.9 Å². The van der Waals surface area contributed by atoms with Crippen LogP contribution >= 0.6 is 0 Å². The maximum atomic E-state index is 11.7. The first-order valence-electron chi connectivity index (χ1n) is 5.63. The van der Waals surface area contributed by atoms with Crippen LogP contribution in [0.3, 0.4) is 0 Å². The molecule has 92 valence electrons. The monoisotopic (exact) mass is 237 g/mol. The minimum Gasteiger partial charge on any atom is -0.462 e. The fraction of sp³-hybridized carbons (Fsp3) is 0.545. The van der Waals surface area contributed by atoms with Crippen LogP contribution in [0.4, 0.5) is 5.82 Å². The number of amides is 1. The summed E-state index contributed by atoms with van der Waals surface area (Å²) in [6.45, 7) is 2.03. The standard InChI is InChI=1S/C11H15N3O3/c1-3-17-11(16)8-6-12-14(2)9(8)13-10(15)7-4-5-7/h6-7H,3-5H2,1-2H3,(H,13,15). The average Bonchev–Trinajstić information content (AvgIpc) is 3.07. The van der Waals surface area contributed by atoms with Crippen molar-refractivity contribution < 1.29 is 14.3 Å². The zero-order chi connectivity index (χ0) is 12.4. The number of rotatable bonds is 4. The van der Waals surface area contributed by atoms with Crippen LogP contribution in [-0.2, 0) is 16.6 Å². The van der Waals surface area contributed by atoms with E-state index in [2.05, 4.69) is 10.4 Å². The van der Waals surface area contributed by atoms with Crippen LogP contribution < -0.4 is 5.32 Å². The number of aromatic nitrogens is 2. The van der Waals surface area contributed by atoms with E-state index in [0.717, 1.165) is 12.8 Å². The van der Waals surface area contributed by atoms with Gasteiger partial charge in [-0.3, -0.25) is 9.48 Å². The molecule has 0 spiro atoms. The number of nitrogens with one attached hydrogen (secondary N) is 1. The van der Waals surface area contributed by atoms with Crippen molar-refractivity contribution in [3.8, 4) is 0 Å². The largest absolute Gasteiger partial charge is 0.462 e. The molecule has 0 saturated heterocycles. The van der Waals surface area contributed by atoms with Crippen LogP contribution in [0.15, 0.2) is 6.20 Å². The molecule has 6 heteroatoms. The zero-order valence-electron chi connectivity index (χ0n) is 9.90. The highest BCUT2D eigenvalue weighted by Crippen LogP contribution is 2.30. The van der Waals surface area contributed by atoms with Crippen molar-refractivity contribution in [1.29, 1.82) is 0 Å². The van der Waals surface area contributed by atoms with Crippen molar-refractivity contribution in [3.05, 3.63) is 11.8 Å². The lowest BCUT2D eigenvalue weighted by molar-refractivity contribution is -0.117. The molecular formula is C11H15N3O3. The predicted molar refractivity (Wildman–Crippen MR) is 60.5 cm³/mol. The molecule has 0 aliphatic heterocycles. The molecular weight excluding hydrogens is 222 g/mol. The molecule has 1 amide bonds. The molecule has 1 N–H and O–H groups in total. The quantitative estimate of drug-likeness (QED) is 0.791. The van der Waals surface area contributed by atoms with Gasteiger partial charge in [0.15, 0.2) is 0 Å². The van der Waals surface area contributed by atoms with Gasteiger partial charge in [0.2, 0.25) is 5.91 Å². The van der Waals surface area contributed by atoms with Gasteiger partial charge in [-0.25, -0.2) is 4.79 Å². The molecule has 0 bridgehead atoms. The summed E-state index contributed by atoms with van der Waals surface area (Å²) in [5.41, 5.74) is 0.295. The van der Waals surface area contributed by atoms with Gasteiger partial charge in [-0.2, -0.15) is 5.10 Å². The van der Waals surface area contributed by atoms with E-state index in [1.807, 2.05) is 0 Å². The van der Waals surface area contributed by atoms with Gasteiger partial charge in [-0.1, -0.05) is 0 Å². The first kappa shape index (κ1) is 11.6. The maximum absolute atomic E-state index is 11.7. The Bertz CT molecular complexity index is 449. The third-order valence-electron chi connectivity index (χ3n) is 2.62. The molecule has 0 aromatic carbocycles. The van der Waals surface area contributed by atoms with Crippen LogP contribution in [0.5, 0.6) is 0 Å². The van der Waals surface area contributed by atoms with Gasteiger partial charge in [0.1, 0.15) is 11.4 Å². The maximum Gasteiger partial charge on any atom is 0.343 e. The summed E-state index contributed by atoms with van der Waals surface area (Å²) in [5, 5.41) is 6.67. The Balaban J connectivity index is 2.16. The Labute approximate surface area is 98.9 Å². The fourth-order valence-electron chi connectivity index (χ4n) is 1.51. The van der Waals surface area contributed by atoms with Gasteiger partial charge in [0.25, 0.3) is 0 Å². The third-order valence-corrected chi connectivity index (χ3v) is 2.62. The van der Waals surface area contributed by atoms with E-state index in [0.29, 0.717) is 18.0 Å². The molecule has 1 aliphatic rings. The third kappa shape index (κ3) is 2.46.